The van der Waals surface area contributed by atoms with Gasteiger partial charge in [-0.2, -0.15) is 0 Å². The second kappa shape index (κ2) is 5.34. The van der Waals surface area contributed by atoms with E-state index in [1.165, 1.54) is 11.3 Å². The number of nitrogens with one attached hydrogen (secondary N) is 2. The number of carbonyl (C=O) groups is 2. The highest BCUT2D eigenvalue weighted by Crippen LogP contribution is 2.28. The van der Waals surface area contributed by atoms with Crippen LogP contribution in [-0.4, -0.2) is 27.6 Å². The number of anilines is 1. The fraction of sp³-hybridized carbons (Fsp3) is 0.545. The Kier molecular flexibility index (Phi) is 3.81. The quantitative estimate of drug-likeness (QED) is 0.783. The molecule has 3 N–H and O–H groups in total. The molecule has 0 saturated heterocycles. The normalized spacial score (nSPS) is 18.0. The number of rotatable bonds is 3. The van der Waals surface area contributed by atoms with Gasteiger partial charge in [0.2, 0.25) is 0 Å². The molecule has 0 radical (unpaired) electrons. The monoisotopic (exact) mass is 269 g/mol. The summed E-state index contributed by atoms with van der Waals surface area (Å²) >= 11 is 1.29. The molecule has 1 heterocycles. The van der Waals surface area contributed by atoms with Crippen molar-refractivity contribution in [3.8, 4) is 0 Å². The molecule has 7 heteroatoms. The average molecular weight is 269 g/mol. The Morgan fingerprint density at radius 3 is 2.61 bits per heavy atom. The highest BCUT2D eigenvalue weighted by atomic mass is 32.1. The zero-order valence-electron chi connectivity index (χ0n) is 9.81. The van der Waals surface area contributed by atoms with Gasteiger partial charge in [0.1, 0.15) is 5.54 Å². The standard InChI is InChI=1S/C11H15N3O3S/c15-8(16)11(4-2-1-3-5-11)14-9(17)13-10-12-6-7-18-10/h6-7H,1-5H2,(H,15,16)(H2,12,13,14,17). The van der Waals surface area contributed by atoms with Crippen LogP contribution < -0.4 is 10.6 Å². The van der Waals surface area contributed by atoms with E-state index in [-0.39, 0.29) is 0 Å². The molecule has 0 spiro atoms. The van der Waals surface area contributed by atoms with Gasteiger partial charge in [0, 0.05) is 11.6 Å². The summed E-state index contributed by atoms with van der Waals surface area (Å²) in [5.74, 6) is -0.962. The first-order valence-corrected chi connectivity index (χ1v) is 6.72. The molecule has 98 valence electrons. The van der Waals surface area contributed by atoms with Crippen molar-refractivity contribution in [3.63, 3.8) is 0 Å². The van der Waals surface area contributed by atoms with Crippen LogP contribution in [0, 0.1) is 0 Å². The largest absolute Gasteiger partial charge is 0.480 e. The van der Waals surface area contributed by atoms with E-state index < -0.39 is 17.5 Å². The lowest BCUT2D eigenvalue weighted by Crippen LogP contribution is -2.56. The van der Waals surface area contributed by atoms with Crippen LogP contribution in [0.4, 0.5) is 9.93 Å². The number of urea groups is 1. The summed E-state index contributed by atoms with van der Waals surface area (Å²) in [6.45, 7) is 0. The zero-order chi connectivity index (χ0) is 13.0. The van der Waals surface area contributed by atoms with Gasteiger partial charge in [-0.1, -0.05) is 19.3 Å². The predicted molar refractivity (Wildman–Crippen MR) is 67.7 cm³/mol. The molecular formula is C11H15N3O3S. The summed E-state index contributed by atoms with van der Waals surface area (Å²) in [5.41, 5.74) is -1.13. The molecule has 0 bridgehead atoms. The molecule has 2 amide bonds. The lowest BCUT2D eigenvalue weighted by Gasteiger charge is -2.33. The minimum absolute atomic E-state index is 0.462. The van der Waals surface area contributed by atoms with Crippen molar-refractivity contribution >= 4 is 28.5 Å². The van der Waals surface area contributed by atoms with Crippen molar-refractivity contribution in [1.82, 2.24) is 10.3 Å². The van der Waals surface area contributed by atoms with Gasteiger partial charge in [-0.15, -0.1) is 11.3 Å². The number of thiazole rings is 1. The van der Waals surface area contributed by atoms with E-state index >= 15 is 0 Å². The topological polar surface area (TPSA) is 91.3 Å². The van der Waals surface area contributed by atoms with E-state index in [1.807, 2.05) is 0 Å². The van der Waals surface area contributed by atoms with Gasteiger partial charge < -0.3 is 10.4 Å². The highest BCUT2D eigenvalue weighted by Gasteiger charge is 2.41. The number of hydrogen-bond acceptors (Lipinski definition) is 4. The van der Waals surface area contributed by atoms with E-state index in [0.717, 1.165) is 19.3 Å². The van der Waals surface area contributed by atoms with Gasteiger partial charge in [-0.3, -0.25) is 5.32 Å². The summed E-state index contributed by atoms with van der Waals surface area (Å²) < 4.78 is 0. The number of aliphatic carboxylic acids is 1. The van der Waals surface area contributed by atoms with E-state index in [2.05, 4.69) is 15.6 Å². The Labute approximate surface area is 108 Å². The second-order valence-electron chi connectivity index (χ2n) is 4.36. The predicted octanol–water partition coefficient (Wildman–Crippen LogP) is 2.05. The minimum atomic E-state index is -1.13. The van der Waals surface area contributed by atoms with Crippen molar-refractivity contribution in [2.24, 2.45) is 0 Å². The average Bonchev–Trinajstić information content (AvgIpc) is 2.82. The van der Waals surface area contributed by atoms with Crippen LogP contribution in [-0.2, 0) is 4.79 Å². The number of amides is 2. The van der Waals surface area contributed by atoms with Crippen LogP contribution in [0.1, 0.15) is 32.1 Å². The number of carboxylic acids is 1. The third-order valence-electron chi connectivity index (χ3n) is 3.12. The van der Waals surface area contributed by atoms with Crippen molar-refractivity contribution in [3.05, 3.63) is 11.6 Å². The highest BCUT2D eigenvalue weighted by molar-refractivity contribution is 7.13. The number of hydrogen-bond donors (Lipinski definition) is 3. The van der Waals surface area contributed by atoms with E-state index in [4.69, 9.17) is 0 Å². The molecule has 0 aromatic carbocycles. The van der Waals surface area contributed by atoms with Crippen LogP contribution in [0.15, 0.2) is 11.6 Å². The number of carbonyl (C=O) groups excluding carboxylic acids is 1. The molecule has 1 saturated carbocycles. The molecule has 0 atom stereocenters. The summed E-state index contributed by atoms with van der Waals surface area (Å²) in [6.07, 6.45) is 5.20. The molecule has 1 fully saturated rings. The molecule has 0 aliphatic heterocycles. The third kappa shape index (κ3) is 2.79. The van der Waals surface area contributed by atoms with Crippen LogP contribution in [0.2, 0.25) is 0 Å². The van der Waals surface area contributed by atoms with Crippen LogP contribution in [0.3, 0.4) is 0 Å². The van der Waals surface area contributed by atoms with E-state index in [1.54, 1.807) is 11.6 Å². The Bertz CT molecular complexity index is 427. The smallest absolute Gasteiger partial charge is 0.329 e. The van der Waals surface area contributed by atoms with Gasteiger partial charge >= 0.3 is 12.0 Å². The summed E-state index contributed by atoms with van der Waals surface area (Å²) in [5, 5.41) is 16.6. The molecule has 1 aromatic heterocycles. The molecule has 6 nitrogen and oxygen atoms in total. The maximum atomic E-state index is 11.8. The van der Waals surface area contributed by atoms with Crippen molar-refractivity contribution < 1.29 is 14.7 Å². The van der Waals surface area contributed by atoms with Crippen molar-refractivity contribution in [2.45, 2.75) is 37.6 Å². The van der Waals surface area contributed by atoms with E-state index in [0.29, 0.717) is 18.0 Å². The Hall–Kier alpha value is -1.63. The van der Waals surface area contributed by atoms with Crippen molar-refractivity contribution in [1.29, 1.82) is 0 Å². The number of aromatic nitrogens is 1. The Morgan fingerprint density at radius 1 is 1.33 bits per heavy atom. The maximum absolute atomic E-state index is 11.8. The van der Waals surface area contributed by atoms with Gasteiger partial charge in [-0.05, 0) is 12.8 Å². The van der Waals surface area contributed by atoms with Gasteiger partial charge in [0.25, 0.3) is 0 Å². The Balaban J connectivity index is 2.00. The van der Waals surface area contributed by atoms with E-state index in [9.17, 15) is 14.7 Å². The van der Waals surface area contributed by atoms with Gasteiger partial charge in [0.05, 0.1) is 0 Å². The van der Waals surface area contributed by atoms with Gasteiger partial charge in [-0.25, -0.2) is 14.6 Å². The lowest BCUT2D eigenvalue weighted by atomic mass is 9.82. The fourth-order valence-corrected chi connectivity index (χ4v) is 2.70. The minimum Gasteiger partial charge on any atom is -0.480 e. The first-order valence-electron chi connectivity index (χ1n) is 5.84. The van der Waals surface area contributed by atoms with Crippen LogP contribution in [0.25, 0.3) is 0 Å². The van der Waals surface area contributed by atoms with Crippen LogP contribution >= 0.6 is 11.3 Å². The first kappa shape index (κ1) is 12.8. The fourth-order valence-electron chi connectivity index (χ4n) is 2.18. The zero-order valence-corrected chi connectivity index (χ0v) is 10.6. The molecule has 2 rings (SSSR count). The molecule has 0 unspecified atom stereocenters. The summed E-state index contributed by atoms with van der Waals surface area (Å²) in [7, 11) is 0. The lowest BCUT2D eigenvalue weighted by molar-refractivity contribution is -0.145. The molecule has 18 heavy (non-hydrogen) atoms. The third-order valence-corrected chi connectivity index (χ3v) is 3.81. The maximum Gasteiger partial charge on any atom is 0.329 e. The van der Waals surface area contributed by atoms with Gasteiger partial charge in [0.15, 0.2) is 5.13 Å². The van der Waals surface area contributed by atoms with Crippen molar-refractivity contribution in [2.75, 3.05) is 5.32 Å². The SMILES string of the molecule is O=C(Nc1nccs1)NC1(C(=O)O)CCCCC1. The summed E-state index contributed by atoms with van der Waals surface area (Å²) in [4.78, 5) is 27.0. The first-order chi connectivity index (χ1) is 8.62. The summed E-state index contributed by atoms with van der Waals surface area (Å²) in [6, 6.07) is -0.505. The molecular weight excluding hydrogens is 254 g/mol. The molecule has 1 aliphatic carbocycles. The second-order valence-corrected chi connectivity index (χ2v) is 5.26. The number of carboxylic acid groups (broad SMARTS) is 1. The number of nitrogens with zero attached hydrogens (tertiary/aromatic N) is 1. The molecule has 1 aliphatic rings. The Morgan fingerprint density at radius 2 is 2.06 bits per heavy atom. The van der Waals surface area contributed by atoms with Crippen LogP contribution in [0.5, 0.6) is 0 Å². The molecule has 1 aromatic rings.